The molecular weight excluding hydrogens is 457 g/mol. The molecule has 2 aromatic carbocycles. The van der Waals surface area contributed by atoms with Crippen molar-refractivity contribution < 1.29 is 32.2 Å². The predicted molar refractivity (Wildman–Crippen MR) is 116 cm³/mol. The van der Waals surface area contributed by atoms with E-state index < -0.39 is 35.8 Å². The van der Waals surface area contributed by atoms with Gasteiger partial charge >= 0.3 is 18.2 Å². The van der Waals surface area contributed by atoms with Crippen LogP contribution in [-0.4, -0.2) is 33.0 Å². The van der Waals surface area contributed by atoms with Crippen molar-refractivity contribution >= 4 is 11.7 Å². The topological polar surface area (TPSA) is 111 Å². The van der Waals surface area contributed by atoms with Gasteiger partial charge in [-0.3, -0.25) is 0 Å². The van der Waals surface area contributed by atoms with Crippen LogP contribution in [0.5, 0.6) is 17.2 Å². The quantitative estimate of drug-likeness (QED) is 0.283. The minimum Gasteiger partial charge on any atom is -0.479 e. The van der Waals surface area contributed by atoms with Crippen LogP contribution in [0.2, 0.25) is 0 Å². The van der Waals surface area contributed by atoms with Crippen molar-refractivity contribution in [2.45, 2.75) is 26.5 Å². The van der Waals surface area contributed by atoms with E-state index in [0.717, 1.165) is 12.1 Å². The zero-order valence-electron chi connectivity index (χ0n) is 18.2. The highest BCUT2D eigenvalue weighted by atomic mass is 19.3. The van der Waals surface area contributed by atoms with Gasteiger partial charge in [-0.2, -0.15) is 13.5 Å². The zero-order valence-corrected chi connectivity index (χ0v) is 18.2. The Balaban J connectivity index is 1.82. The smallest absolute Gasteiger partial charge is 0.355 e. The second kappa shape index (κ2) is 10.1. The number of carbonyl (C=O) groups excluding carboxylic acids is 1. The molecule has 0 spiro atoms. The lowest BCUT2D eigenvalue weighted by atomic mass is 10.2. The van der Waals surface area contributed by atoms with Gasteiger partial charge in [-0.1, -0.05) is 12.7 Å². The van der Waals surface area contributed by atoms with Crippen LogP contribution >= 0.6 is 0 Å². The average Bonchev–Trinajstić information content (AvgIpc) is 3.08. The lowest BCUT2D eigenvalue weighted by Gasteiger charge is -2.14. The summed E-state index contributed by atoms with van der Waals surface area (Å²) in [4.78, 5) is 24.0. The molecule has 180 valence electrons. The summed E-state index contributed by atoms with van der Waals surface area (Å²) in [7, 11) is 0. The van der Waals surface area contributed by atoms with Gasteiger partial charge in [0.05, 0.1) is 5.69 Å². The van der Waals surface area contributed by atoms with Gasteiger partial charge in [0.25, 0.3) is 0 Å². The average molecular weight is 478 g/mol. The van der Waals surface area contributed by atoms with E-state index in [2.05, 4.69) is 11.7 Å². The summed E-state index contributed by atoms with van der Waals surface area (Å²) in [6.07, 6.45) is 0.572. The van der Waals surface area contributed by atoms with E-state index >= 15 is 0 Å². The minimum atomic E-state index is -3.14. The molecule has 9 nitrogen and oxygen atoms in total. The van der Waals surface area contributed by atoms with Crippen LogP contribution < -0.4 is 20.9 Å². The second-order valence-corrected chi connectivity index (χ2v) is 6.98. The van der Waals surface area contributed by atoms with Gasteiger partial charge in [0.15, 0.2) is 17.7 Å². The van der Waals surface area contributed by atoms with Gasteiger partial charge in [-0.05, 0) is 38.1 Å². The number of alkyl halides is 2. The van der Waals surface area contributed by atoms with Gasteiger partial charge < -0.3 is 19.9 Å². The number of aryl methyl sites for hydroxylation is 1. The highest BCUT2D eigenvalue weighted by Gasteiger charge is 2.22. The van der Waals surface area contributed by atoms with Gasteiger partial charge in [-0.25, -0.2) is 18.5 Å². The van der Waals surface area contributed by atoms with E-state index in [1.807, 2.05) is 0 Å². The number of anilines is 1. The third-order valence-corrected chi connectivity index (χ3v) is 4.52. The van der Waals surface area contributed by atoms with Crippen molar-refractivity contribution in [3.05, 3.63) is 71.2 Å². The number of hydrogen-bond donors (Lipinski definition) is 1. The lowest BCUT2D eigenvalue weighted by molar-refractivity contribution is -0.149. The number of nitrogens with zero attached hydrogens (tertiary/aromatic N) is 3. The van der Waals surface area contributed by atoms with Crippen LogP contribution in [0.25, 0.3) is 5.69 Å². The number of hydrogen-bond acceptors (Lipinski definition) is 7. The molecule has 0 aliphatic rings. The Kier molecular flexibility index (Phi) is 7.29. The zero-order chi connectivity index (χ0) is 25.0. The minimum absolute atomic E-state index is 0.0393. The molecule has 0 aliphatic carbocycles. The van der Waals surface area contributed by atoms with E-state index in [1.54, 1.807) is 0 Å². The third kappa shape index (κ3) is 5.22. The molecule has 0 fully saturated rings. The first kappa shape index (κ1) is 24.4. The predicted octanol–water partition coefficient (Wildman–Crippen LogP) is 3.75. The SMILES string of the molecule is C=CCOC(=O)C(C)Oc1ccc(Oc2cc(-n3nc(C)n(C(F)F)c3=O)c(F)cc2N)cc1. The Labute approximate surface area is 191 Å². The molecule has 3 aromatic rings. The number of halogens is 3. The summed E-state index contributed by atoms with van der Waals surface area (Å²) in [5, 5.41) is 3.70. The van der Waals surface area contributed by atoms with E-state index in [4.69, 9.17) is 19.9 Å². The molecule has 0 amide bonds. The standard InChI is InChI=1S/C22H21F3N4O5/c1-4-9-32-20(30)12(2)33-14-5-7-15(8-6-14)34-19-11-18(16(23)10-17(19)26)29-22(31)28(21(24)25)13(3)27-29/h4-8,10-12,21H,1,9,26H2,2-3H3. The van der Waals surface area contributed by atoms with Crippen molar-refractivity contribution in [3.63, 3.8) is 0 Å². The van der Waals surface area contributed by atoms with E-state index in [9.17, 15) is 22.8 Å². The Morgan fingerprint density at radius 3 is 2.47 bits per heavy atom. The lowest BCUT2D eigenvalue weighted by Crippen LogP contribution is -2.26. The molecular formula is C22H21F3N4O5. The molecule has 2 N–H and O–H groups in total. The van der Waals surface area contributed by atoms with Gasteiger partial charge in [0.2, 0.25) is 0 Å². The van der Waals surface area contributed by atoms with Crippen LogP contribution in [0.3, 0.4) is 0 Å². The monoisotopic (exact) mass is 478 g/mol. The molecule has 0 saturated heterocycles. The van der Waals surface area contributed by atoms with Gasteiger partial charge in [0, 0.05) is 12.1 Å². The summed E-state index contributed by atoms with van der Waals surface area (Å²) in [5.41, 5.74) is 4.10. The maximum atomic E-state index is 14.5. The molecule has 0 bridgehead atoms. The summed E-state index contributed by atoms with van der Waals surface area (Å²) < 4.78 is 57.4. The summed E-state index contributed by atoms with van der Waals surface area (Å²) in [5.74, 6) is -1.24. The highest BCUT2D eigenvalue weighted by Crippen LogP contribution is 2.32. The number of ether oxygens (including phenoxy) is 3. The van der Waals surface area contributed by atoms with Crippen LogP contribution in [0.4, 0.5) is 18.9 Å². The van der Waals surface area contributed by atoms with Crippen molar-refractivity contribution in [2.75, 3.05) is 12.3 Å². The first-order valence-electron chi connectivity index (χ1n) is 9.90. The molecule has 0 radical (unpaired) electrons. The molecule has 1 aromatic heterocycles. The maximum absolute atomic E-state index is 14.5. The summed E-state index contributed by atoms with van der Waals surface area (Å²) >= 11 is 0. The molecule has 3 rings (SSSR count). The largest absolute Gasteiger partial charge is 0.479 e. The normalized spacial score (nSPS) is 11.8. The Morgan fingerprint density at radius 2 is 1.88 bits per heavy atom. The molecule has 1 heterocycles. The number of carbonyl (C=O) groups is 1. The van der Waals surface area contributed by atoms with Crippen molar-refractivity contribution in [1.82, 2.24) is 14.3 Å². The number of aromatic nitrogens is 3. The van der Waals surface area contributed by atoms with Crippen LogP contribution in [0, 0.1) is 12.7 Å². The van der Waals surface area contributed by atoms with E-state index in [-0.39, 0.29) is 34.2 Å². The summed E-state index contributed by atoms with van der Waals surface area (Å²) in [6.45, 7) is 3.10. The van der Waals surface area contributed by atoms with Crippen LogP contribution in [0.15, 0.2) is 53.8 Å². The van der Waals surface area contributed by atoms with Crippen molar-refractivity contribution in [3.8, 4) is 22.9 Å². The highest BCUT2D eigenvalue weighted by molar-refractivity contribution is 5.74. The number of rotatable bonds is 9. The first-order chi connectivity index (χ1) is 16.1. The van der Waals surface area contributed by atoms with Crippen molar-refractivity contribution in [1.29, 1.82) is 0 Å². The van der Waals surface area contributed by atoms with E-state index in [1.165, 1.54) is 44.2 Å². The molecule has 12 heteroatoms. The fourth-order valence-electron chi connectivity index (χ4n) is 2.89. The molecule has 1 unspecified atom stereocenters. The third-order valence-electron chi connectivity index (χ3n) is 4.52. The second-order valence-electron chi connectivity index (χ2n) is 6.98. The fourth-order valence-corrected chi connectivity index (χ4v) is 2.89. The number of nitrogen functional groups attached to an aromatic ring is 1. The fraction of sp³-hybridized carbons (Fsp3) is 0.227. The molecule has 0 saturated carbocycles. The number of benzene rings is 2. The molecule has 1 atom stereocenters. The van der Waals surface area contributed by atoms with E-state index in [0.29, 0.717) is 10.4 Å². The van der Waals surface area contributed by atoms with Gasteiger partial charge in [-0.15, -0.1) is 5.10 Å². The molecule has 34 heavy (non-hydrogen) atoms. The van der Waals surface area contributed by atoms with Gasteiger partial charge in [0.1, 0.15) is 29.6 Å². The van der Waals surface area contributed by atoms with Crippen LogP contribution in [-0.2, 0) is 9.53 Å². The molecule has 0 aliphatic heterocycles. The maximum Gasteiger partial charge on any atom is 0.355 e. The Morgan fingerprint density at radius 1 is 1.24 bits per heavy atom. The number of esters is 1. The Bertz CT molecular complexity index is 1250. The first-order valence-corrected chi connectivity index (χ1v) is 9.90. The number of nitrogens with two attached hydrogens (primary N) is 1. The summed E-state index contributed by atoms with van der Waals surface area (Å²) in [6, 6.07) is 8.01. The Hall–Kier alpha value is -4.22. The van der Waals surface area contributed by atoms with Crippen LogP contribution in [0.1, 0.15) is 19.3 Å². The van der Waals surface area contributed by atoms with Crippen molar-refractivity contribution in [2.24, 2.45) is 0 Å².